The van der Waals surface area contributed by atoms with Crippen LogP contribution in [0.5, 0.6) is 0 Å². The molecule has 1 heterocycles. The Morgan fingerprint density at radius 3 is 1.24 bits per heavy atom. The summed E-state index contributed by atoms with van der Waals surface area (Å²) in [7, 11) is 9.92. The molecule has 1 fully saturated rings. The third-order valence-electron chi connectivity index (χ3n) is 16.1. The number of likely N-dealkylation sites (N-methyl/N-ethyl adjacent to an activating group) is 7. The summed E-state index contributed by atoms with van der Waals surface area (Å²) in [5, 5.41) is 23.1. The Kier molecular flexibility index (Phi) is 40.3. The Labute approximate surface area is 549 Å². The van der Waals surface area contributed by atoms with E-state index in [4.69, 9.17) is 0 Å². The van der Waals surface area contributed by atoms with Gasteiger partial charge in [-0.15, -0.1) is 0 Å². The maximum absolute atomic E-state index is 15.1. The Balaban J connectivity index is 0. The fraction of sp³-hybridized carbons (Fsp3) is 0.809. The van der Waals surface area contributed by atoms with E-state index in [-0.39, 0.29) is 55.8 Å². The fourth-order valence-electron chi connectivity index (χ4n) is 10.7. The van der Waals surface area contributed by atoms with E-state index in [0.717, 1.165) is 9.80 Å². The molecule has 0 aromatic carbocycles. The molecule has 5 N–H and O–H groups in total. The summed E-state index contributed by atoms with van der Waals surface area (Å²) >= 11 is 0. The SMILES string of the molecule is C/C=C/C[C@@H](C)[C@H](O)[C@H]1C(=O)N[C@@H](CC)C(=O)N(C)CC(=O)N(C)[C@@H](CC(C)C)C(=O)N[C@@H](C(C)C)C(=O)N(C)[C@@H](CC(C)C)C(=O)N[C@@H](C)C(=O)N[C@H](C)C(=O)N(C)[C@H](CC(C)C)C(=O)N(C)C(CC(C)C)C(=O)N(C)[C@@H](C(C)C)C(=O)N1C.CCC.CCC. The molecular weight excluding hydrogens is 1160 g/mol. The molecule has 1 rings (SSSR count). The van der Waals surface area contributed by atoms with Gasteiger partial charge in [0.25, 0.3) is 0 Å². The molecule has 0 spiro atoms. The Morgan fingerprint density at radius 2 is 0.824 bits per heavy atom. The second kappa shape index (κ2) is 42.2. The molecule has 12 atom stereocenters. The fourth-order valence-corrected chi connectivity index (χ4v) is 10.7. The summed E-state index contributed by atoms with van der Waals surface area (Å²) in [4.78, 5) is 169. The van der Waals surface area contributed by atoms with Crippen molar-refractivity contribution in [3.63, 3.8) is 0 Å². The summed E-state index contributed by atoms with van der Waals surface area (Å²) < 4.78 is 0. The van der Waals surface area contributed by atoms with Gasteiger partial charge in [-0.05, 0) is 101 Å². The minimum absolute atomic E-state index is 0.0229. The van der Waals surface area contributed by atoms with Crippen LogP contribution in [-0.2, 0) is 52.7 Å². The molecule has 0 saturated carbocycles. The number of allylic oxidation sites excluding steroid dienone is 2. The molecule has 11 amide bonds. The van der Waals surface area contributed by atoms with Crippen LogP contribution in [0, 0.1) is 41.4 Å². The van der Waals surface area contributed by atoms with Crippen LogP contribution in [0.2, 0.25) is 0 Å². The van der Waals surface area contributed by atoms with E-state index in [1.54, 1.807) is 54.5 Å². The quantitative estimate of drug-likeness (QED) is 0.116. The first-order valence-corrected chi connectivity index (χ1v) is 33.4. The van der Waals surface area contributed by atoms with Crippen molar-refractivity contribution in [2.45, 2.75) is 263 Å². The number of carbonyl (C=O) groups is 11. The molecule has 0 bridgehead atoms. The smallest absolute Gasteiger partial charge is 0.246 e. The standard InChI is InChI=1S/C62H111N11O12.2C3H8/c1-25-27-28-40(15)52(75)51-56(79)65-43(26-2)58(81)67(18)33-48(74)68(19)44(29-34(3)4)55(78)66-49(38(11)12)61(84)69(20)45(30-35(5)6)54(77)63-41(16)53(76)64-42(17)57(80)70(21)46(31-36(7)8)59(82)71(22)47(32-37(9)10)60(83)72(23)50(39(13)14)62(85)73(51)24;2*1-3-2/h25,27,34-47,49-52,75H,26,28-33H2,1-24H3,(H,63,77)(H,64,76)(H,65,79)(H,66,78);2*3H2,1-2H3/b27-25+;;/t40-,41+,42-,43+,44+,45+,46-,47?,49+,50+,51+,52+;;/m1../s1. The molecule has 1 saturated heterocycles. The van der Waals surface area contributed by atoms with Gasteiger partial charge in [0.15, 0.2) is 0 Å². The maximum atomic E-state index is 15.1. The zero-order valence-electron chi connectivity index (χ0n) is 61.5. The van der Waals surface area contributed by atoms with Gasteiger partial charge in [-0.1, -0.05) is 150 Å². The first-order chi connectivity index (χ1) is 42.0. The first kappa shape index (κ1) is 86.9. The molecule has 0 aromatic rings. The number of carbonyl (C=O) groups excluding carboxylic acids is 11. The number of nitrogens with zero attached hydrogens (tertiary/aromatic N) is 7. The Morgan fingerprint density at radius 1 is 0.440 bits per heavy atom. The molecule has 0 aromatic heterocycles. The first-order valence-electron chi connectivity index (χ1n) is 33.4. The van der Waals surface area contributed by atoms with Gasteiger partial charge in [-0.3, -0.25) is 52.7 Å². The lowest BCUT2D eigenvalue weighted by atomic mass is 9.91. The van der Waals surface area contributed by atoms with E-state index >= 15 is 9.59 Å². The summed E-state index contributed by atoms with van der Waals surface area (Å²) in [5.41, 5.74) is 0. The van der Waals surface area contributed by atoms with Gasteiger partial charge >= 0.3 is 0 Å². The van der Waals surface area contributed by atoms with Gasteiger partial charge in [-0.25, -0.2) is 0 Å². The van der Waals surface area contributed by atoms with Gasteiger partial charge in [0.2, 0.25) is 65.0 Å². The lowest BCUT2D eigenvalue weighted by Gasteiger charge is -2.41. The van der Waals surface area contributed by atoms with Gasteiger partial charge in [0.05, 0.1) is 12.6 Å². The van der Waals surface area contributed by atoms with Crippen molar-refractivity contribution in [1.29, 1.82) is 0 Å². The number of amides is 11. The molecule has 526 valence electrons. The van der Waals surface area contributed by atoms with Crippen LogP contribution in [0.4, 0.5) is 0 Å². The number of hydrogen-bond donors (Lipinski definition) is 5. The minimum Gasteiger partial charge on any atom is -0.390 e. The van der Waals surface area contributed by atoms with Crippen LogP contribution < -0.4 is 21.3 Å². The molecule has 1 aliphatic rings. The van der Waals surface area contributed by atoms with E-state index in [2.05, 4.69) is 49.0 Å². The van der Waals surface area contributed by atoms with Crippen LogP contribution in [0.1, 0.15) is 197 Å². The van der Waals surface area contributed by atoms with Crippen LogP contribution in [0.15, 0.2) is 12.2 Å². The minimum atomic E-state index is -1.61. The van der Waals surface area contributed by atoms with E-state index < -0.39 is 156 Å². The Hall–Kier alpha value is -6.13. The monoisotopic (exact) mass is 1290 g/mol. The number of hydrogen-bond acceptors (Lipinski definition) is 12. The molecule has 1 aliphatic heterocycles. The van der Waals surface area contributed by atoms with Gasteiger partial charge in [0.1, 0.15) is 60.4 Å². The van der Waals surface area contributed by atoms with Crippen LogP contribution in [0.25, 0.3) is 0 Å². The van der Waals surface area contributed by atoms with Crippen molar-refractivity contribution in [2.75, 3.05) is 55.9 Å². The largest absolute Gasteiger partial charge is 0.390 e. The average Bonchev–Trinajstić information content (AvgIpc) is 1.76. The van der Waals surface area contributed by atoms with Gasteiger partial charge < -0.3 is 60.7 Å². The van der Waals surface area contributed by atoms with Crippen molar-refractivity contribution < 1.29 is 57.8 Å². The lowest BCUT2D eigenvalue weighted by Crippen LogP contribution is -2.63. The number of rotatable bonds is 15. The third-order valence-corrected chi connectivity index (χ3v) is 16.1. The molecular formula is C68H127N11O12. The highest BCUT2D eigenvalue weighted by molar-refractivity contribution is 5.99. The second-order valence-electron chi connectivity index (χ2n) is 27.5. The molecule has 1 unspecified atom stereocenters. The number of aliphatic hydroxyl groups excluding tert-OH is 1. The second-order valence-corrected chi connectivity index (χ2v) is 27.5. The molecule has 23 nitrogen and oxygen atoms in total. The summed E-state index contributed by atoms with van der Waals surface area (Å²) in [6.45, 7) is 37.8. The molecule has 0 aliphatic carbocycles. The van der Waals surface area contributed by atoms with E-state index in [0.29, 0.717) is 6.42 Å². The van der Waals surface area contributed by atoms with Gasteiger partial charge in [-0.2, -0.15) is 0 Å². The van der Waals surface area contributed by atoms with Gasteiger partial charge in [0, 0.05) is 49.3 Å². The van der Waals surface area contributed by atoms with Crippen LogP contribution >= 0.6 is 0 Å². The summed E-state index contributed by atoms with van der Waals surface area (Å²) in [5.74, 6) is -9.71. The van der Waals surface area contributed by atoms with Crippen LogP contribution in [0.3, 0.4) is 0 Å². The predicted molar refractivity (Wildman–Crippen MR) is 360 cm³/mol. The highest BCUT2D eigenvalue weighted by atomic mass is 16.3. The van der Waals surface area contributed by atoms with Crippen molar-refractivity contribution >= 4 is 65.0 Å². The van der Waals surface area contributed by atoms with E-state index in [1.807, 2.05) is 61.5 Å². The van der Waals surface area contributed by atoms with Crippen molar-refractivity contribution in [1.82, 2.24) is 55.6 Å². The van der Waals surface area contributed by atoms with E-state index in [1.165, 1.54) is 101 Å². The maximum Gasteiger partial charge on any atom is 0.246 e. The number of aliphatic hydroxyl groups is 1. The van der Waals surface area contributed by atoms with Crippen molar-refractivity contribution in [3.8, 4) is 0 Å². The molecule has 23 heteroatoms. The zero-order chi connectivity index (χ0) is 71.4. The Bertz CT molecular complexity index is 2360. The van der Waals surface area contributed by atoms with Crippen molar-refractivity contribution in [2.24, 2.45) is 41.4 Å². The normalized spacial score (nSPS) is 25.5. The summed E-state index contributed by atoms with van der Waals surface area (Å²) in [6.07, 6.45) is 5.54. The average molecular weight is 1290 g/mol. The van der Waals surface area contributed by atoms with E-state index in [9.17, 15) is 48.3 Å². The lowest BCUT2D eigenvalue weighted by molar-refractivity contribution is -0.157. The number of nitrogens with one attached hydrogen (secondary N) is 4. The summed E-state index contributed by atoms with van der Waals surface area (Å²) in [6, 6.07) is -12.3. The highest BCUT2D eigenvalue weighted by Crippen LogP contribution is 2.26. The topological polar surface area (TPSA) is 279 Å². The third kappa shape index (κ3) is 27.2. The highest BCUT2D eigenvalue weighted by Gasteiger charge is 2.45. The van der Waals surface area contributed by atoms with Crippen LogP contribution in [-0.4, -0.2) is 227 Å². The predicted octanol–water partition coefficient (Wildman–Crippen LogP) is 6.10. The van der Waals surface area contributed by atoms with Crippen molar-refractivity contribution in [3.05, 3.63) is 12.2 Å². The molecule has 0 radical (unpaired) electrons. The zero-order valence-corrected chi connectivity index (χ0v) is 61.5. The molecule has 91 heavy (non-hydrogen) atoms.